The Morgan fingerprint density at radius 3 is 2.03 bits per heavy atom. The van der Waals surface area contributed by atoms with Crippen LogP contribution in [0.3, 0.4) is 0 Å². The van der Waals surface area contributed by atoms with Crippen LogP contribution in [0.1, 0.15) is 94.3 Å². The van der Waals surface area contributed by atoms with Crippen LogP contribution in [0.4, 0.5) is 54.5 Å². The molecule has 3 aromatic heterocycles. The van der Waals surface area contributed by atoms with E-state index in [4.69, 9.17) is 16.3 Å². The van der Waals surface area contributed by atoms with E-state index in [2.05, 4.69) is 20.5 Å². The van der Waals surface area contributed by atoms with Gasteiger partial charge >= 0.3 is 30.4 Å². The lowest BCUT2D eigenvalue weighted by atomic mass is 9.93. The normalized spacial score (nSPS) is 15.0. The fourth-order valence-corrected chi connectivity index (χ4v) is 8.30. The molecule has 0 saturated heterocycles. The largest absolute Gasteiger partial charge is 0.481 e. The highest BCUT2D eigenvalue weighted by molar-refractivity contribution is 8.00. The Balaban J connectivity index is 0.000000413. The number of carboxylic acids is 2. The molecular weight excluding hydrogens is 1080 g/mol. The molecule has 412 valence electrons. The van der Waals surface area contributed by atoms with E-state index in [-0.39, 0.29) is 68.0 Å². The molecule has 0 spiro atoms. The maximum absolute atomic E-state index is 14.1. The maximum Gasteiger partial charge on any atom is 0.435 e. The molecule has 2 aromatic carbocycles. The summed E-state index contributed by atoms with van der Waals surface area (Å²) in [5, 5.41) is 28.0. The van der Waals surface area contributed by atoms with Crippen LogP contribution in [0.2, 0.25) is 5.02 Å². The second-order valence-corrected chi connectivity index (χ2v) is 21.1. The number of alkyl halides is 8. The molecule has 3 atom stereocenters. The van der Waals surface area contributed by atoms with Gasteiger partial charge in [-0.2, -0.15) is 49.6 Å². The van der Waals surface area contributed by atoms with Gasteiger partial charge in [-0.05, 0) is 88.7 Å². The summed E-state index contributed by atoms with van der Waals surface area (Å²) < 4.78 is 154. The summed E-state index contributed by atoms with van der Waals surface area (Å²) in [5.41, 5.74) is -1.29. The molecule has 2 unspecified atom stereocenters. The Bertz CT molecular complexity index is 2880. The molecule has 0 saturated carbocycles. The number of aryl methyl sites for hydroxylation is 2. The molecule has 0 aliphatic heterocycles. The smallest absolute Gasteiger partial charge is 0.435 e. The van der Waals surface area contributed by atoms with Crippen molar-refractivity contribution in [3.8, 4) is 11.1 Å². The number of anilines is 1. The number of hydrogen-bond donors (Lipinski definition) is 3. The maximum atomic E-state index is 14.1. The fraction of sp³-hybridized carbons (Fsp3) is 0.468. The van der Waals surface area contributed by atoms with Crippen molar-refractivity contribution in [2.24, 2.45) is 5.92 Å². The van der Waals surface area contributed by atoms with Gasteiger partial charge in [0.1, 0.15) is 30.0 Å². The topological polar surface area (TPSA) is 199 Å². The van der Waals surface area contributed by atoms with Crippen molar-refractivity contribution >= 4 is 75.5 Å². The number of carbonyl (C=O) groups excluding carboxylic acids is 2. The standard InChI is InChI=1S/C32H29ClF5N5O7S.C10H11F5N2.C5H12OS/c1-3-19-4-5-21(28(40-19)24(39-15-44)10-16-8-17(34)11-18(35)9-16)22-6-7-23(33)27-29(22)42(14-32(36,37)38)41-30(27)43(51-2)31(49)50-20(12-25(45)46)13-26(47)48;1-3-17-8-6(4-5(2)9(8,11)12)7(16-17)10(13,14)15;1-5(2,3)7(4)6/h4-9,11,15,20,24H,3,10,12-14H2,1-2H3,(H,39,44)(H,45,46)(H,47,48);5H,3-4H2,1-2H3;1-4H3/t;5-;/m.1./s1. The Hall–Kier alpha value is -5.96. The van der Waals surface area contributed by atoms with Crippen molar-refractivity contribution in [1.82, 2.24) is 29.9 Å². The Morgan fingerprint density at radius 1 is 0.973 bits per heavy atom. The molecule has 1 aliphatic carbocycles. The summed E-state index contributed by atoms with van der Waals surface area (Å²) in [6, 6.07) is 7.59. The lowest BCUT2D eigenvalue weighted by Gasteiger charge is -2.22. The fourth-order valence-electron chi connectivity index (χ4n) is 7.57. The van der Waals surface area contributed by atoms with Crippen LogP contribution < -0.4 is 9.62 Å². The van der Waals surface area contributed by atoms with Crippen molar-refractivity contribution in [1.29, 1.82) is 0 Å². The molecule has 2 amide bonds. The molecule has 75 heavy (non-hydrogen) atoms. The quantitative estimate of drug-likeness (QED) is 0.0481. The van der Waals surface area contributed by atoms with Crippen molar-refractivity contribution < 1.29 is 82.2 Å². The van der Waals surface area contributed by atoms with Crippen molar-refractivity contribution in [3.63, 3.8) is 0 Å². The van der Waals surface area contributed by atoms with Gasteiger partial charge < -0.3 is 20.3 Å². The van der Waals surface area contributed by atoms with Gasteiger partial charge in [0.25, 0.3) is 5.92 Å². The number of nitrogens with one attached hydrogen (secondary N) is 1. The molecule has 3 N–H and O–H groups in total. The van der Waals surface area contributed by atoms with E-state index < -0.39 is 113 Å². The van der Waals surface area contributed by atoms with Gasteiger partial charge in [-0.15, -0.1) is 0 Å². The van der Waals surface area contributed by atoms with Gasteiger partial charge in [-0.1, -0.05) is 37.6 Å². The first-order chi connectivity index (χ1) is 34.7. The third-order valence-electron chi connectivity index (χ3n) is 11.3. The minimum absolute atomic E-state index is 0.000718. The first kappa shape index (κ1) is 61.6. The van der Waals surface area contributed by atoms with Gasteiger partial charge in [-0.3, -0.25) is 32.9 Å². The van der Waals surface area contributed by atoms with E-state index >= 15 is 0 Å². The predicted molar refractivity (Wildman–Crippen MR) is 260 cm³/mol. The molecule has 1 aliphatic rings. The van der Waals surface area contributed by atoms with Crippen molar-refractivity contribution in [2.75, 3.05) is 16.8 Å². The zero-order valence-electron chi connectivity index (χ0n) is 41.3. The summed E-state index contributed by atoms with van der Waals surface area (Å²) >= 11 is 7.18. The number of ether oxygens (including phenoxy) is 1. The molecule has 0 fully saturated rings. The van der Waals surface area contributed by atoms with Crippen LogP contribution in [-0.2, 0) is 74.4 Å². The van der Waals surface area contributed by atoms with E-state index in [1.165, 1.54) is 32.2 Å². The number of halogens is 11. The summed E-state index contributed by atoms with van der Waals surface area (Å²) in [7, 11) is -0.683. The van der Waals surface area contributed by atoms with Gasteiger partial charge in [0.15, 0.2) is 11.5 Å². The van der Waals surface area contributed by atoms with Crippen LogP contribution in [0.15, 0.2) is 42.5 Å². The third-order valence-corrected chi connectivity index (χ3v) is 14.0. The minimum Gasteiger partial charge on any atom is -0.481 e. The lowest BCUT2D eigenvalue weighted by Crippen LogP contribution is -2.32. The SMILES string of the molecule is CCc1ccc(-c2ccc(Cl)c3c(N(SC)C(=O)OC(CC(=O)O)CC(=O)O)nn(CC(F)(F)F)c23)c(C(Cc2cc(F)cc(F)c2)NC=O)n1.CCn1nc(C(F)(F)F)c2c1C(F)(F)[C@H](C)C2.CS(=O)C(C)(C)C. The highest BCUT2D eigenvalue weighted by atomic mass is 35.5. The number of carbonyl (C=O) groups is 4. The molecule has 3 heterocycles. The van der Waals surface area contributed by atoms with E-state index in [9.17, 15) is 77.5 Å². The van der Waals surface area contributed by atoms with Gasteiger partial charge in [-0.25, -0.2) is 13.6 Å². The van der Waals surface area contributed by atoms with Gasteiger partial charge in [0.2, 0.25) is 6.41 Å². The average molecular weight is 1130 g/mol. The second-order valence-electron chi connectivity index (χ2n) is 17.8. The Labute approximate surface area is 434 Å². The van der Waals surface area contributed by atoms with Crippen LogP contribution in [0, 0.1) is 17.6 Å². The number of benzene rings is 2. The van der Waals surface area contributed by atoms with Crippen molar-refractivity contribution in [3.05, 3.63) is 93.0 Å². The number of pyridine rings is 1. The number of nitrogens with zero attached hydrogens (tertiary/aromatic N) is 6. The number of amides is 2. The number of aromatic nitrogens is 5. The van der Waals surface area contributed by atoms with Crippen LogP contribution in [0.25, 0.3) is 22.0 Å². The number of rotatable bonds is 16. The average Bonchev–Trinajstić information content (AvgIpc) is 3.91. The second kappa shape index (κ2) is 24.8. The highest BCUT2D eigenvalue weighted by Crippen LogP contribution is 2.50. The van der Waals surface area contributed by atoms with Crippen LogP contribution in [0.5, 0.6) is 0 Å². The first-order valence-electron chi connectivity index (χ1n) is 22.5. The number of aliphatic carboxylic acids is 2. The summed E-state index contributed by atoms with van der Waals surface area (Å²) in [4.78, 5) is 52.4. The van der Waals surface area contributed by atoms with E-state index in [0.717, 1.165) is 16.8 Å². The van der Waals surface area contributed by atoms with E-state index in [1.807, 2.05) is 20.8 Å². The molecule has 0 bridgehead atoms. The third kappa shape index (κ3) is 15.6. The van der Waals surface area contributed by atoms with Crippen molar-refractivity contribution in [2.45, 2.75) is 122 Å². The first-order valence-corrected chi connectivity index (χ1v) is 25.6. The summed E-state index contributed by atoms with van der Waals surface area (Å²) in [5.74, 6) is -9.48. The van der Waals surface area contributed by atoms with E-state index in [1.54, 1.807) is 25.3 Å². The predicted octanol–water partition coefficient (Wildman–Crippen LogP) is 11.1. The van der Waals surface area contributed by atoms with Crippen LogP contribution >= 0.6 is 23.5 Å². The monoisotopic (exact) mass is 1130 g/mol. The van der Waals surface area contributed by atoms with Gasteiger partial charge in [0, 0.05) is 69.0 Å². The molecule has 28 heteroatoms. The number of hydrogen-bond acceptors (Lipinski definition) is 10. The molecule has 15 nitrogen and oxygen atoms in total. The molecule has 0 radical (unpaired) electrons. The summed E-state index contributed by atoms with van der Waals surface area (Å²) in [6.07, 6.45) is -10.9. The minimum atomic E-state index is -4.86. The highest BCUT2D eigenvalue weighted by Gasteiger charge is 2.54. The number of fused-ring (bicyclic) bond motifs is 2. The van der Waals surface area contributed by atoms with E-state index in [0.29, 0.717) is 45.5 Å². The van der Waals surface area contributed by atoms with Gasteiger partial charge in [0.05, 0.1) is 40.5 Å². The molecular formula is C47H52ClF10N7O8S2. The Kier molecular flexibility index (Phi) is 20.4. The molecule has 5 aromatic rings. The number of carboxylic acid groups (broad SMARTS) is 2. The zero-order valence-corrected chi connectivity index (χ0v) is 43.7. The lowest BCUT2D eigenvalue weighted by molar-refractivity contribution is -0.143. The Morgan fingerprint density at radius 2 is 1.55 bits per heavy atom. The summed E-state index contributed by atoms with van der Waals surface area (Å²) in [6.45, 7) is 8.74. The molecule has 6 rings (SSSR count). The zero-order chi connectivity index (χ0) is 56.7. The van der Waals surface area contributed by atoms with Crippen LogP contribution in [-0.4, -0.2) is 92.9 Å².